The first-order chi connectivity index (χ1) is 12.6. The van der Waals surface area contributed by atoms with E-state index in [1.807, 2.05) is 42.2 Å². The van der Waals surface area contributed by atoms with Crippen LogP contribution in [0.1, 0.15) is 25.3 Å². The van der Waals surface area contributed by atoms with E-state index < -0.39 is 5.79 Å². The van der Waals surface area contributed by atoms with Crippen molar-refractivity contribution in [3.8, 4) is 0 Å². The van der Waals surface area contributed by atoms with Gasteiger partial charge in [0.05, 0.1) is 19.8 Å². The Labute approximate surface area is 153 Å². The van der Waals surface area contributed by atoms with Gasteiger partial charge in [-0.25, -0.2) is 0 Å². The smallest absolute Gasteiger partial charge is 0.277 e. The molecule has 2 saturated heterocycles. The Balaban J connectivity index is 1.46. The van der Waals surface area contributed by atoms with E-state index in [1.54, 1.807) is 0 Å². The van der Waals surface area contributed by atoms with E-state index in [1.165, 1.54) is 11.0 Å². The van der Waals surface area contributed by atoms with Crippen molar-refractivity contribution >= 4 is 11.8 Å². The highest BCUT2D eigenvalue weighted by Crippen LogP contribution is 2.35. The summed E-state index contributed by atoms with van der Waals surface area (Å²) in [6.07, 6.45) is 3.42. The van der Waals surface area contributed by atoms with Crippen LogP contribution in [-0.2, 0) is 25.6 Å². The number of amides is 2. The predicted octanol–water partition coefficient (Wildman–Crippen LogP) is 1.91. The summed E-state index contributed by atoms with van der Waals surface area (Å²) in [5, 5.41) is 0. The number of imide groups is 1. The monoisotopic (exact) mass is 356 g/mol. The third-order valence-electron chi connectivity index (χ3n) is 5.54. The first kappa shape index (κ1) is 17.2. The fourth-order valence-corrected chi connectivity index (χ4v) is 4.03. The Morgan fingerprint density at radius 3 is 2.62 bits per heavy atom. The van der Waals surface area contributed by atoms with Crippen molar-refractivity contribution in [1.82, 2.24) is 9.80 Å². The van der Waals surface area contributed by atoms with Crippen LogP contribution in [-0.4, -0.2) is 53.7 Å². The molecule has 1 atom stereocenters. The number of nitrogens with zero attached hydrogens (tertiary/aromatic N) is 2. The zero-order valence-electron chi connectivity index (χ0n) is 15.0. The molecule has 0 aliphatic carbocycles. The number of hydrogen-bond donors (Lipinski definition) is 0. The number of rotatable bonds is 4. The zero-order chi connectivity index (χ0) is 18.1. The van der Waals surface area contributed by atoms with Crippen LogP contribution in [0.15, 0.2) is 42.1 Å². The minimum Gasteiger partial charge on any atom is -0.366 e. The van der Waals surface area contributed by atoms with Gasteiger partial charge in [0.2, 0.25) is 0 Å². The second-order valence-electron chi connectivity index (χ2n) is 7.24. The molecule has 0 saturated carbocycles. The van der Waals surface area contributed by atoms with E-state index in [0.29, 0.717) is 32.0 Å². The maximum absolute atomic E-state index is 12.9. The molecule has 1 aromatic rings. The molecule has 4 rings (SSSR count). The summed E-state index contributed by atoms with van der Waals surface area (Å²) in [6, 6.07) is 9.58. The molecule has 1 aromatic carbocycles. The molecule has 2 fully saturated rings. The lowest BCUT2D eigenvalue weighted by Gasteiger charge is -2.40. The van der Waals surface area contributed by atoms with Crippen LogP contribution in [0, 0.1) is 5.92 Å². The van der Waals surface area contributed by atoms with Gasteiger partial charge >= 0.3 is 0 Å². The second kappa shape index (κ2) is 6.85. The molecule has 3 aliphatic rings. The van der Waals surface area contributed by atoms with Crippen LogP contribution in [0.3, 0.4) is 0 Å². The van der Waals surface area contributed by atoms with E-state index in [4.69, 9.17) is 9.47 Å². The third-order valence-corrected chi connectivity index (χ3v) is 5.54. The number of ether oxygens (including phenoxy) is 2. The van der Waals surface area contributed by atoms with E-state index in [0.717, 1.165) is 24.9 Å². The van der Waals surface area contributed by atoms with Crippen molar-refractivity contribution in [1.29, 1.82) is 0 Å². The molecule has 3 heterocycles. The van der Waals surface area contributed by atoms with E-state index in [-0.39, 0.29) is 17.7 Å². The number of carbonyl (C=O) groups excluding carboxylic acids is 2. The summed E-state index contributed by atoms with van der Waals surface area (Å²) in [4.78, 5) is 28.6. The molecule has 0 spiro atoms. The molecular formula is C20H24N2O4. The van der Waals surface area contributed by atoms with Crippen LogP contribution in [0.5, 0.6) is 0 Å². The summed E-state index contributed by atoms with van der Waals surface area (Å²) in [5.41, 5.74) is 1.44. The van der Waals surface area contributed by atoms with Crippen LogP contribution >= 0.6 is 0 Å². The Hall–Kier alpha value is -2.18. The fourth-order valence-electron chi connectivity index (χ4n) is 4.03. The fraction of sp³-hybridized carbons (Fsp3) is 0.500. The average Bonchev–Trinajstić information content (AvgIpc) is 3.22. The standard InChI is InChI=1S/C20H24N2O4/c1-20(25-10-11-26-20)16-8-5-9-21(14-16)17-12-18(23)22(19(17)24)13-15-6-3-2-4-7-15/h2-4,6-7,12,16H,5,8-11,13-14H2,1H3. The molecule has 138 valence electrons. The molecule has 0 bridgehead atoms. The molecule has 1 unspecified atom stereocenters. The summed E-state index contributed by atoms with van der Waals surface area (Å²) in [7, 11) is 0. The molecule has 0 N–H and O–H groups in total. The van der Waals surface area contributed by atoms with Gasteiger partial charge in [-0.2, -0.15) is 0 Å². The molecule has 0 aromatic heterocycles. The van der Waals surface area contributed by atoms with Crippen molar-refractivity contribution in [2.45, 2.75) is 32.1 Å². The Morgan fingerprint density at radius 1 is 1.15 bits per heavy atom. The highest BCUT2D eigenvalue weighted by molar-refractivity contribution is 6.15. The number of likely N-dealkylation sites (tertiary alicyclic amines) is 1. The van der Waals surface area contributed by atoms with Gasteiger partial charge < -0.3 is 14.4 Å². The van der Waals surface area contributed by atoms with Crippen molar-refractivity contribution < 1.29 is 19.1 Å². The summed E-state index contributed by atoms with van der Waals surface area (Å²) in [6.45, 7) is 4.94. The Kier molecular flexibility index (Phi) is 4.54. The largest absolute Gasteiger partial charge is 0.366 e. The second-order valence-corrected chi connectivity index (χ2v) is 7.24. The van der Waals surface area contributed by atoms with Gasteiger partial charge in [-0.3, -0.25) is 14.5 Å². The molecule has 6 heteroatoms. The number of piperidine rings is 1. The lowest BCUT2D eigenvalue weighted by atomic mass is 9.90. The summed E-state index contributed by atoms with van der Waals surface area (Å²) >= 11 is 0. The summed E-state index contributed by atoms with van der Waals surface area (Å²) < 4.78 is 11.6. The highest BCUT2D eigenvalue weighted by atomic mass is 16.7. The van der Waals surface area contributed by atoms with Gasteiger partial charge in [0, 0.05) is 25.1 Å². The molecule has 0 radical (unpaired) electrons. The van der Waals surface area contributed by atoms with Gasteiger partial charge in [-0.05, 0) is 25.3 Å². The van der Waals surface area contributed by atoms with E-state index in [9.17, 15) is 9.59 Å². The van der Waals surface area contributed by atoms with Crippen LogP contribution in [0.4, 0.5) is 0 Å². The molecule has 6 nitrogen and oxygen atoms in total. The number of carbonyl (C=O) groups is 2. The van der Waals surface area contributed by atoms with Gasteiger partial charge in [0.15, 0.2) is 5.79 Å². The topological polar surface area (TPSA) is 59.1 Å². The highest BCUT2D eigenvalue weighted by Gasteiger charge is 2.44. The van der Waals surface area contributed by atoms with Crippen molar-refractivity contribution in [2.75, 3.05) is 26.3 Å². The van der Waals surface area contributed by atoms with Crippen LogP contribution in [0.25, 0.3) is 0 Å². The maximum atomic E-state index is 12.9. The van der Waals surface area contributed by atoms with Gasteiger partial charge in [-0.1, -0.05) is 30.3 Å². The van der Waals surface area contributed by atoms with Crippen molar-refractivity contribution in [3.63, 3.8) is 0 Å². The van der Waals surface area contributed by atoms with Crippen molar-refractivity contribution in [3.05, 3.63) is 47.7 Å². The zero-order valence-corrected chi connectivity index (χ0v) is 15.0. The van der Waals surface area contributed by atoms with E-state index >= 15 is 0 Å². The van der Waals surface area contributed by atoms with Gasteiger partial charge in [0.25, 0.3) is 11.8 Å². The quantitative estimate of drug-likeness (QED) is 0.772. The lowest BCUT2D eigenvalue weighted by Crippen LogP contribution is -2.47. The van der Waals surface area contributed by atoms with Crippen molar-refractivity contribution in [2.24, 2.45) is 5.92 Å². The van der Waals surface area contributed by atoms with E-state index in [2.05, 4.69) is 0 Å². The van der Waals surface area contributed by atoms with Crippen LogP contribution < -0.4 is 0 Å². The number of benzene rings is 1. The first-order valence-corrected chi connectivity index (χ1v) is 9.21. The predicted molar refractivity (Wildman–Crippen MR) is 94.7 cm³/mol. The molecular weight excluding hydrogens is 332 g/mol. The lowest BCUT2D eigenvalue weighted by molar-refractivity contribution is -0.190. The first-order valence-electron chi connectivity index (χ1n) is 9.21. The Morgan fingerprint density at radius 2 is 1.88 bits per heavy atom. The van der Waals surface area contributed by atoms with Gasteiger partial charge in [-0.15, -0.1) is 0 Å². The Bertz CT molecular complexity index is 725. The third kappa shape index (κ3) is 3.15. The molecule has 3 aliphatic heterocycles. The maximum Gasteiger partial charge on any atom is 0.277 e. The summed E-state index contributed by atoms with van der Waals surface area (Å²) in [5.74, 6) is -0.853. The normalized spacial score (nSPS) is 25.7. The molecule has 26 heavy (non-hydrogen) atoms. The van der Waals surface area contributed by atoms with Gasteiger partial charge in [0.1, 0.15) is 5.70 Å². The average molecular weight is 356 g/mol. The minimum atomic E-state index is -0.589. The van der Waals surface area contributed by atoms with Crippen LogP contribution in [0.2, 0.25) is 0 Å². The minimum absolute atomic E-state index is 0.186. The SMILES string of the molecule is CC1(C2CCCN(C3=CC(=O)N(Cc4ccccc4)C3=O)C2)OCCO1. The number of hydrogen-bond acceptors (Lipinski definition) is 5. The molecule has 2 amide bonds.